The smallest absolute Gasteiger partial charge is 0.267 e. The first-order valence-electron chi connectivity index (χ1n) is 6.04. The van der Waals surface area contributed by atoms with E-state index in [1.807, 2.05) is 0 Å². The van der Waals surface area contributed by atoms with Crippen molar-refractivity contribution in [1.29, 1.82) is 0 Å². The number of rotatable bonds is 5. The van der Waals surface area contributed by atoms with Gasteiger partial charge in [0.2, 0.25) is 5.88 Å². The van der Waals surface area contributed by atoms with Gasteiger partial charge in [0.05, 0.1) is 14.2 Å². The fourth-order valence-corrected chi connectivity index (χ4v) is 1.72. The van der Waals surface area contributed by atoms with Crippen LogP contribution in [0.2, 0.25) is 0 Å². The number of methoxy groups -OCH3 is 2. The second kappa shape index (κ2) is 6.17. The molecule has 0 N–H and O–H groups in total. The van der Waals surface area contributed by atoms with Gasteiger partial charge in [-0.05, 0) is 18.2 Å². The van der Waals surface area contributed by atoms with Gasteiger partial charge in [0.15, 0.2) is 17.3 Å². The number of ether oxygens (including phenoxy) is 2. The summed E-state index contributed by atoms with van der Waals surface area (Å²) < 4.78 is 24.2. The van der Waals surface area contributed by atoms with Gasteiger partial charge in [-0.25, -0.2) is 9.07 Å². The lowest BCUT2D eigenvalue weighted by atomic mass is 10.1. The third-order valence-corrected chi connectivity index (χ3v) is 2.82. The number of carbonyl (C=O) groups excluding carboxylic acids is 1. The molecule has 0 spiro atoms. The minimum atomic E-state index is -0.644. The Balaban J connectivity index is 2.26. The van der Waals surface area contributed by atoms with E-state index >= 15 is 0 Å². The molecule has 1 aromatic heterocycles. The fourth-order valence-electron chi connectivity index (χ4n) is 1.72. The Hall–Kier alpha value is -2.70. The molecule has 110 valence electrons. The number of Topliss-reactive ketones (excluding diaryl/α,β-unsaturated/α-hetero) is 1. The van der Waals surface area contributed by atoms with Crippen LogP contribution in [-0.4, -0.2) is 29.8 Å². The second-order valence-electron chi connectivity index (χ2n) is 4.14. The van der Waals surface area contributed by atoms with E-state index in [0.717, 1.165) is 10.7 Å². The molecule has 0 bridgehead atoms. The zero-order valence-corrected chi connectivity index (χ0v) is 11.5. The van der Waals surface area contributed by atoms with Gasteiger partial charge in [-0.3, -0.25) is 9.59 Å². The number of hydrogen-bond donors (Lipinski definition) is 0. The Labute approximate surface area is 119 Å². The molecule has 6 nitrogen and oxygen atoms in total. The van der Waals surface area contributed by atoms with Gasteiger partial charge in [0.25, 0.3) is 5.56 Å². The molecule has 0 fully saturated rings. The lowest BCUT2D eigenvalue weighted by Gasteiger charge is -2.07. The first kappa shape index (κ1) is 14.7. The summed E-state index contributed by atoms with van der Waals surface area (Å²) in [6.07, 6.45) is 0. The van der Waals surface area contributed by atoms with Crippen molar-refractivity contribution in [1.82, 2.24) is 9.78 Å². The van der Waals surface area contributed by atoms with Crippen LogP contribution >= 0.6 is 0 Å². The molecule has 2 aromatic rings. The van der Waals surface area contributed by atoms with Gasteiger partial charge in [0.1, 0.15) is 6.54 Å². The van der Waals surface area contributed by atoms with Crippen LogP contribution in [-0.2, 0) is 6.54 Å². The van der Waals surface area contributed by atoms with Crippen LogP contribution in [0.25, 0.3) is 0 Å². The zero-order chi connectivity index (χ0) is 15.4. The number of benzene rings is 1. The highest BCUT2D eigenvalue weighted by molar-refractivity contribution is 5.96. The van der Waals surface area contributed by atoms with Crippen LogP contribution in [0.15, 0.2) is 35.1 Å². The quantitative estimate of drug-likeness (QED) is 0.776. The molecule has 0 radical (unpaired) electrons. The van der Waals surface area contributed by atoms with E-state index in [1.54, 1.807) is 0 Å². The maximum atomic E-state index is 13.6. The maximum absolute atomic E-state index is 13.6. The van der Waals surface area contributed by atoms with E-state index < -0.39 is 17.2 Å². The maximum Gasteiger partial charge on any atom is 0.267 e. The second-order valence-corrected chi connectivity index (χ2v) is 4.14. The molecule has 0 amide bonds. The average molecular weight is 292 g/mol. The molecule has 21 heavy (non-hydrogen) atoms. The summed E-state index contributed by atoms with van der Waals surface area (Å²) in [4.78, 5) is 23.7. The molecule has 2 rings (SSSR count). The van der Waals surface area contributed by atoms with Gasteiger partial charge < -0.3 is 9.47 Å². The van der Waals surface area contributed by atoms with Gasteiger partial charge in [-0.2, -0.15) is 0 Å². The predicted octanol–water partition coefficient (Wildman–Crippen LogP) is 1.28. The Morgan fingerprint density at radius 1 is 1.24 bits per heavy atom. The summed E-state index contributed by atoms with van der Waals surface area (Å²) in [5.74, 6) is -0.833. The van der Waals surface area contributed by atoms with E-state index in [9.17, 15) is 14.0 Å². The highest BCUT2D eigenvalue weighted by atomic mass is 19.1. The van der Waals surface area contributed by atoms with Gasteiger partial charge in [0, 0.05) is 17.7 Å². The minimum absolute atomic E-state index is 0.0447. The van der Waals surface area contributed by atoms with E-state index in [1.165, 1.54) is 38.5 Å². The summed E-state index contributed by atoms with van der Waals surface area (Å²) in [5, 5.41) is 3.86. The van der Waals surface area contributed by atoms with Crippen molar-refractivity contribution in [2.75, 3.05) is 14.2 Å². The van der Waals surface area contributed by atoms with E-state index in [0.29, 0.717) is 0 Å². The molecule has 0 atom stereocenters. The third-order valence-electron chi connectivity index (χ3n) is 2.82. The number of halogens is 1. The highest BCUT2D eigenvalue weighted by Crippen LogP contribution is 2.18. The summed E-state index contributed by atoms with van der Waals surface area (Å²) in [6.45, 7) is -0.304. The Morgan fingerprint density at radius 3 is 2.62 bits per heavy atom. The van der Waals surface area contributed by atoms with Crippen LogP contribution in [0.4, 0.5) is 4.39 Å². The monoisotopic (exact) mass is 292 g/mol. The molecule has 0 aliphatic carbocycles. The van der Waals surface area contributed by atoms with E-state index in [2.05, 4.69) is 5.10 Å². The number of carbonyl (C=O) groups is 1. The van der Waals surface area contributed by atoms with Crippen molar-refractivity contribution in [3.05, 3.63) is 52.1 Å². The van der Waals surface area contributed by atoms with Crippen LogP contribution < -0.4 is 15.0 Å². The molecule has 1 heterocycles. The number of ketones is 1. The third kappa shape index (κ3) is 3.25. The van der Waals surface area contributed by atoms with Gasteiger partial charge in [-0.15, -0.1) is 5.10 Å². The summed E-state index contributed by atoms with van der Waals surface area (Å²) in [7, 11) is 2.73. The molecular formula is C14H13FN2O4. The molecule has 1 aromatic carbocycles. The predicted molar refractivity (Wildman–Crippen MR) is 72.3 cm³/mol. The summed E-state index contributed by atoms with van der Waals surface area (Å²) >= 11 is 0. The average Bonchev–Trinajstić information content (AvgIpc) is 2.49. The first-order chi connectivity index (χ1) is 10.0. The van der Waals surface area contributed by atoms with Crippen molar-refractivity contribution >= 4 is 5.78 Å². The zero-order valence-electron chi connectivity index (χ0n) is 11.5. The molecule has 7 heteroatoms. The van der Waals surface area contributed by atoms with Crippen LogP contribution in [0.3, 0.4) is 0 Å². The Bertz CT molecular complexity index is 727. The lowest BCUT2D eigenvalue weighted by Crippen LogP contribution is -2.26. The number of nitrogens with zero attached hydrogens (tertiary/aromatic N) is 2. The molecule has 0 saturated heterocycles. The number of aromatic nitrogens is 2. The Kier molecular flexibility index (Phi) is 4.32. The molecule has 0 saturated carbocycles. The van der Waals surface area contributed by atoms with E-state index in [-0.39, 0.29) is 23.7 Å². The molecular weight excluding hydrogens is 279 g/mol. The normalized spacial score (nSPS) is 10.2. The van der Waals surface area contributed by atoms with Crippen molar-refractivity contribution in [3.8, 4) is 11.6 Å². The Morgan fingerprint density at radius 2 is 2.00 bits per heavy atom. The summed E-state index contributed by atoms with van der Waals surface area (Å²) in [5.41, 5.74) is -0.317. The standard InChI is InChI=1S/C14H13FN2O4/c1-20-12-4-3-9(7-10(12)15)11(18)8-17-14(19)6-5-13(16-17)21-2/h3-7H,8H2,1-2H3. The van der Waals surface area contributed by atoms with Crippen molar-refractivity contribution < 1.29 is 18.7 Å². The molecule has 0 unspecified atom stereocenters. The van der Waals surface area contributed by atoms with Crippen molar-refractivity contribution in [2.24, 2.45) is 0 Å². The van der Waals surface area contributed by atoms with Crippen molar-refractivity contribution in [2.45, 2.75) is 6.54 Å². The highest BCUT2D eigenvalue weighted by Gasteiger charge is 2.12. The molecule has 0 aliphatic heterocycles. The van der Waals surface area contributed by atoms with Crippen LogP contribution in [0.5, 0.6) is 11.6 Å². The topological polar surface area (TPSA) is 70.4 Å². The lowest BCUT2D eigenvalue weighted by molar-refractivity contribution is 0.0964. The minimum Gasteiger partial charge on any atom is -0.494 e. The van der Waals surface area contributed by atoms with Crippen LogP contribution in [0, 0.1) is 5.82 Å². The number of hydrogen-bond acceptors (Lipinski definition) is 5. The SMILES string of the molecule is COc1ccc(=O)n(CC(=O)c2ccc(OC)c(F)c2)n1. The van der Waals surface area contributed by atoms with E-state index in [4.69, 9.17) is 9.47 Å². The van der Waals surface area contributed by atoms with Gasteiger partial charge >= 0.3 is 0 Å². The first-order valence-corrected chi connectivity index (χ1v) is 6.04. The van der Waals surface area contributed by atoms with Crippen LogP contribution in [0.1, 0.15) is 10.4 Å². The fraction of sp³-hybridized carbons (Fsp3) is 0.214. The largest absolute Gasteiger partial charge is 0.494 e. The summed E-state index contributed by atoms with van der Waals surface area (Å²) in [6, 6.07) is 6.48. The molecule has 0 aliphatic rings. The van der Waals surface area contributed by atoms with Gasteiger partial charge in [-0.1, -0.05) is 0 Å². The van der Waals surface area contributed by atoms with Crippen molar-refractivity contribution in [3.63, 3.8) is 0 Å².